The molecule has 0 aliphatic heterocycles. The van der Waals surface area contributed by atoms with Gasteiger partial charge in [0.15, 0.2) is 11.0 Å². The van der Waals surface area contributed by atoms with Crippen LogP contribution >= 0.6 is 23.1 Å². The van der Waals surface area contributed by atoms with Crippen molar-refractivity contribution in [2.24, 2.45) is 0 Å². The molecule has 33 heavy (non-hydrogen) atoms. The van der Waals surface area contributed by atoms with Gasteiger partial charge in [-0.1, -0.05) is 53.3 Å². The summed E-state index contributed by atoms with van der Waals surface area (Å²) in [5, 5.41) is 15.9. The van der Waals surface area contributed by atoms with E-state index >= 15 is 0 Å². The average Bonchev–Trinajstić information content (AvgIpc) is 3.63. The first-order valence-electron chi connectivity index (χ1n) is 10.4. The van der Waals surface area contributed by atoms with Crippen LogP contribution in [0.3, 0.4) is 0 Å². The molecular weight excluding hydrogens is 454 g/mol. The third-order valence-corrected chi connectivity index (χ3v) is 6.88. The number of hydrogen-bond acceptors (Lipinski definition) is 8. The van der Waals surface area contributed by atoms with Crippen molar-refractivity contribution in [2.45, 2.75) is 23.9 Å². The molecule has 9 heteroatoms. The molecule has 0 saturated carbocycles. The second kappa shape index (κ2) is 10.0. The van der Waals surface area contributed by atoms with Crippen molar-refractivity contribution in [2.75, 3.05) is 7.11 Å². The molecule has 0 saturated heterocycles. The minimum absolute atomic E-state index is 0.518. The first kappa shape index (κ1) is 21.4. The van der Waals surface area contributed by atoms with Crippen LogP contribution < -0.4 is 4.74 Å². The second-order valence-corrected chi connectivity index (χ2v) is 9.09. The molecule has 0 N–H and O–H groups in total. The highest BCUT2D eigenvalue weighted by atomic mass is 32.2. The van der Waals surface area contributed by atoms with Crippen LogP contribution in [0, 0.1) is 0 Å². The number of rotatable bonds is 9. The fraction of sp³-hybridized carbons (Fsp3) is 0.167. The number of thiophene rings is 1. The van der Waals surface area contributed by atoms with Crippen LogP contribution in [-0.2, 0) is 18.7 Å². The summed E-state index contributed by atoms with van der Waals surface area (Å²) in [4.78, 5) is 5.50. The van der Waals surface area contributed by atoms with E-state index in [1.807, 2.05) is 47.8 Å². The van der Waals surface area contributed by atoms with Crippen LogP contribution in [0.4, 0.5) is 0 Å². The average molecular weight is 476 g/mol. The molecule has 0 radical (unpaired) electrons. The van der Waals surface area contributed by atoms with Crippen molar-refractivity contribution in [3.63, 3.8) is 0 Å². The van der Waals surface area contributed by atoms with Gasteiger partial charge in [0.2, 0.25) is 11.7 Å². The molecule has 3 heterocycles. The van der Waals surface area contributed by atoms with E-state index in [1.165, 1.54) is 5.56 Å². The largest absolute Gasteiger partial charge is 0.497 e. The van der Waals surface area contributed by atoms with Crippen molar-refractivity contribution in [3.05, 3.63) is 83.6 Å². The quantitative estimate of drug-likeness (QED) is 0.257. The SMILES string of the molecule is COc1ccc(-c2nnc(SCc3nc(-c4cccs4)no3)n2CCc2ccccc2)cc1. The second-order valence-electron chi connectivity index (χ2n) is 7.20. The molecule has 2 aromatic carbocycles. The smallest absolute Gasteiger partial charge is 0.237 e. The number of nitrogens with zero attached hydrogens (tertiary/aromatic N) is 5. The van der Waals surface area contributed by atoms with Crippen LogP contribution in [0.25, 0.3) is 22.1 Å². The zero-order valence-electron chi connectivity index (χ0n) is 17.9. The number of aryl methyl sites for hydroxylation is 1. The van der Waals surface area contributed by atoms with Crippen molar-refractivity contribution in [3.8, 4) is 27.8 Å². The Morgan fingerprint density at radius 2 is 1.85 bits per heavy atom. The van der Waals surface area contributed by atoms with Gasteiger partial charge < -0.3 is 13.8 Å². The lowest BCUT2D eigenvalue weighted by molar-refractivity contribution is 0.391. The highest BCUT2D eigenvalue weighted by molar-refractivity contribution is 7.98. The number of thioether (sulfide) groups is 1. The Hall–Kier alpha value is -3.43. The maximum absolute atomic E-state index is 5.45. The normalized spacial score (nSPS) is 11.1. The molecule has 5 rings (SSSR count). The summed E-state index contributed by atoms with van der Waals surface area (Å²) in [5.41, 5.74) is 2.25. The van der Waals surface area contributed by atoms with E-state index in [-0.39, 0.29) is 0 Å². The molecule has 3 aromatic heterocycles. The summed E-state index contributed by atoms with van der Waals surface area (Å²) < 4.78 is 12.9. The summed E-state index contributed by atoms with van der Waals surface area (Å²) >= 11 is 3.13. The molecule has 0 aliphatic rings. The third-order valence-electron chi connectivity index (χ3n) is 5.07. The monoisotopic (exact) mass is 475 g/mol. The van der Waals surface area contributed by atoms with Gasteiger partial charge in [-0.2, -0.15) is 4.98 Å². The lowest BCUT2D eigenvalue weighted by atomic mass is 10.1. The highest BCUT2D eigenvalue weighted by Gasteiger charge is 2.17. The molecule has 0 fully saturated rings. The van der Waals surface area contributed by atoms with Gasteiger partial charge in [0.05, 0.1) is 17.7 Å². The molecule has 0 unspecified atom stereocenters. The Bertz CT molecular complexity index is 1300. The maximum atomic E-state index is 5.45. The zero-order valence-corrected chi connectivity index (χ0v) is 19.6. The topological polar surface area (TPSA) is 78.9 Å². The summed E-state index contributed by atoms with van der Waals surface area (Å²) in [7, 11) is 1.66. The Labute approximate surface area is 199 Å². The highest BCUT2D eigenvalue weighted by Crippen LogP contribution is 2.29. The molecule has 0 amide bonds. The Kier molecular flexibility index (Phi) is 6.50. The number of hydrogen-bond donors (Lipinski definition) is 0. The summed E-state index contributed by atoms with van der Waals surface area (Å²) in [6, 6.07) is 22.2. The van der Waals surface area contributed by atoms with E-state index in [2.05, 4.69) is 49.2 Å². The minimum atomic E-state index is 0.518. The van der Waals surface area contributed by atoms with Crippen molar-refractivity contribution in [1.29, 1.82) is 0 Å². The Morgan fingerprint density at radius 3 is 2.61 bits per heavy atom. The van der Waals surface area contributed by atoms with Gasteiger partial charge in [-0.15, -0.1) is 21.5 Å². The van der Waals surface area contributed by atoms with Gasteiger partial charge in [-0.25, -0.2) is 0 Å². The predicted molar refractivity (Wildman–Crippen MR) is 129 cm³/mol. The molecule has 0 bridgehead atoms. The van der Waals surface area contributed by atoms with E-state index in [1.54, 1.807) is 30.2 Å². The number of aromatic nitrogens is 5. The number of benzene rings is 2. The van der Waals surface area contributed by atoms with E-state index in [0.29, 0.717) is 17.5 Å². The lowest BCUT2D eigenvalue weighted by Crippen LogP contribution is -2.05. The summed E-state index contributed by atoms with van der Waals surface area (Å²) in [5.74, 6) is 3.32. The van der Waals surface area contributed by atoms with Crippen LogP contribution in [0.1, 0.15) is 11.5 Å². The molecule has 7 nitrogen and oxygen atoms in total. The maximum Gasteiger partial charge on any atom is 0.237 e. The van der Waals surface area contributed by atoms with E-state index in [4.69, 9.17) is 9.26 Å². The molecule has 0 aliphatic carbocycles. The molecule has 5 aromatic rings. The third kappa shape index (κ3) is 4.99. The molecular formula is C24H21N5O2S2. The van der Waals surface area contributed by atoms with Crippen LogP contribution in [0.5, 0.6) is 5.75 Å². The fourth-order valence-electron chi connectivity index (χ4n) is 3.38. The van der Waals surface area contributed by atoms with Gasteiger partial charge in [0.1, 0.15) is 5.75 Å². The number of ether oxygens (including phenoxy) is 1. The van der Waals surface area contributed by atoms with E-state index < -0.39 is 0 Å². The fourth-order valence-corrected chi connectivity index (χ4v) is 4.83. The molecule has 0 spiro atoms. The standard InChI is InChI=1S/C24H21N5O2S2/c1-30-19-11-9-18(10-12-19)23-26-27-24(29(23)14-13-17-6-3-2-4-7-17)33-16-21-25-22(28-31-21)20-8-5-15-32-20/h2-12,15H,13-14,16H2,1H3. The van der Waals surface area contributed by atoms with E-state index in [9.17, 15) is 0 Å². The summed E-state index contributed by atoms with van der Waals surface area (Å²) in [6.45, 7) is 0.755. The molecule has 166 valence electrons. The number of methoxy groups -OCH3 is 1. The van der Waals surface area contributed by atoms with Gasteiger partial charge in [0, 0.05) is 12.1 Å². The Morgan fingerprint density at radius 1 is 1.00 bits per heavy atom. The van der Waals surface area contributed by atoms with Gasteiger partial charge in [0.25, 0.3) is 0 Å². The predicted octanol–water partition coefficient (Wildman–Crippen LogP) is 5.60. The van der Waals surface area contributed by atoms with Crippen LogP contribution in [0.15, 0.2) is 81.8 Å². The van der Waals surface area contributed by atoms with Crippen molar-refractivity contribution >= 4 is 23.1 Å². The van der Waals surface area contributed by atoms with Gasteiger partial charge in [-0.05, 0) is 47.7 Å². The van der Waals surface area contributed by atoms with Crippen molar-refractivity contribution in [1.82, 2.24) is 24.9 Å². The molecule has 0 atom stereocenters. The van der Waals surface area contributed by atoms with Crippen LogP contribution in [0.2, 0.25) is 0 Å². The van der Waals surface area contributed by atoms with Crippen LogP contribution in [-0.4, -0.2) is 32.0 Å². The van der Waals surface area contributed by atoms with Crippen molar-refractivity contribution < 1.29 is 9.26 Å². The van der Waals surface area contributed by atoms with Gasteiger partial charge >= 0.3 is 0 Å². The Balaban J connectivity index is 1.37. The first-order chi connectivity index (χ1) is 16.3. The minimum Gasteiger partial charge on any atom is -0.497 e. The zero-order chi connectivity index (χ0) is 22.5. The van der Waals surface area contributed by atoms with Gasteiger partial charge in [-0.3, -0.25) is 0 Å². The van der Waals surface area contributed by atoms with E-state index in [0.717, 1.165) is 40.1 Å². The lowest BCUT2D eigenvalue weighted by Gasteiger charge is -2.10. The first-order valence-corrected chi connectivity index (χ1v) is 12.3. The summed E-state index contributed by atoms with van der Waals surface area (Å²) in [6.07, 6.45) is 0.874.